The van der Waals surface area contributed by atoms with E-state index < -0.39 is 11.4 Å². The van der Waals surface area contributed by atoms with Gasteiger partial charge in [0, 0.05) is 6.54 Å². The molecule has 0 radical (unpaired) electrons. The van der Waals surface area contributed by atoms with E-state index in [-0.39, 0.29) is 5.91 Å². The summed E-state index contributed by atoms with van der Waals surface area (Å²) >= 11 is 0. The molecule has 1 amide bonds. The van der Waals surface area contributed by atoms with E-state index >= 15 is 0 Å². The van der Waals surface area contributed by atoms with Crippen molar-refractivity contribution in [3.8, 4) is 0 Å². The molecule has 2 aromatic carbocycles. The first-order chi connectivity index (χ1) is 12.8. The lowest BCUT2D eigenvalue weighted by Crippen LogP contribution is -2.31. The Labute approximate surface area is 161 Å². The number of carboxylic acid groups (broad SMARTS) is 1. The molecule has 0 aromatic heterocycles. The Kier molecular flexibility index (Phi) is 7.17. The summed E-state index contributed by atoms with van der Waals surface area (Å²) in [6, 6.07) is 17.5. The molecule has 27 heavy (non-hydrogen) atoms. The molecule has 1 atom stereocenters. The first-order valence-electron chi connectivity index (χ1n) is 9.40. The summed E-state index contributed by atoms with van der Waals surface area (Å²) in [4.78, 5) is 23.8. The molecular weight excluding hydrogens is 338 g/mol. The Balaban J connectivity index is 1.92. The highest BCUT2D eigenvalue weighted by atomic mass is 16.4. The van der Waals surface area contributed by atoms with E-state index in [0.717, 1.165) is 16.7 Å². The smallest absolute Gasteiger partial charge is 0.309 e. The van der Waals surface area contributed by atoms with Crippen molar-refractivity contribution < 1.29 is 14.7 Å². The van der Waals surface area contributed by atoms with Gasteiger partial charge >= 0.3 is 5.97 Å². The van der Waals surface area contributed by atoms with E-state index in [1.54, 1.807) is 6.92 Å². The Bertz CT molecular complexity index is 753. The van der Waals surface area contributed by atoms with Gasteiger partial charge in [-0.15, -0.1) is 0 Å². The van der Waals surface area contributed by atoms with E-state index in [4.69, 9.17) is 0 Å². The molecule has 4 nitrogen and oxygen atoms in total. The molecule has 0 aliphatic heterocycles. The Morgan fingerprint density at radius 3 is 2.11 bits per heavy atom. The first kappa shape index (κ1) is 20.7. The summed E-state index contributed by atoms with van der Waals surface area (Å²) in [6.07, 6.45) is 1.43. The van der Waals surface area contributed by atoms with Crippen LogP contribution in [0, 0.1) is 11.3 Å². The summed E-state index contributed by atoms with van der Waals surface area (Å²) < 4.78 is 0. The zero-order chi connectivity index (χ0) is 19.9. The van der Waals surface area contributed by atoms with Crippen LogP contribution in [0.1, 0.15) is 43.9 Å². The lowest BCUT2D eigenvalue weighted by Gasteiger charge is -2.27. The molecule has 144 valence electrons. The summed E-state index contributed by atoms with van der Waals surface area (Å²) in [7, 11) is 0. The summed E-state index contributed by atoms with van der Waals surface area (Å²) in [5.41, 5.74) is 2.20. The van der Waals surface area contributed by atoms with Gasteiger partial charge in [-0.25, -0.2) is 0 Å². The molecule has 1 unspecified atom stereocenters. The average molecular weight is 367 g/mol. The van der Waals surface area contributed by atoms with Crippen molar-refractivity contribution in [3.63, 3.8) is 0 Å². The van der Waals surface area contributed by atoms with Gasteiger partial charge in [0.2, 0.25) is 5.91 Å². The lowest BCUT2D eigenvalue weighted by atomic mass is 9.77. The van der Waals surface area contributed by atoms with E-state index in [2.05, 4.69) is 5.32 Å². The number of amides is 1. The van der Waals surface area contributed by atoms with Crippen LogP contribution in [-0.2, 0) is 29.0 Å². The fraction of sp³-hybridized carbons (Fsp3) is 0.391. The minimum Gasteiger partial charge on any atom is -0.481 e. The Morgan fingerprint density at radius 1 is 0.963 bits per heavy atom. The third-order valence-electron chi connectivity index (χ3n) is 4.69. The number of carbonyl (C=O) groups is 2. The molecule has 2 rings (SSSR count). The van der Waals surface area contributed by atoms with Crippen LogP contribution in [0.2, 0.25) is 0 Å². The first-order valence-corrected chi connectivity index (χ1v) is 9.40. The fourth-order valence-corrected chi connectivity index (χ4v) is 3.41. The number of hydrogen-bond donors (Lipinski definition) is 2. The van der Waals surface area contributed by atoms with Crippen LogP contribution >= 0.6 is 0 Å². The maximum Gasteiger partial charge on any atom is 0.309 e. The molecule has 0 aliphatic carbocycles. The molecule has 0 spiro atoms. The molecule has 0 fully saturated rings. The number of aliphatic carboxylic acids is 1. The molecule has 0 heterocycles. The third kappa shape index (κ3) is 6.55. The number of hydrogen-bond acceptors (Lipinski definition) is 2. The quantitative estimate of drug-likeness (QED) is 0.697. The average Bonchev–Trinajstić information content (AvgIpc) is 2.62. The number of carboxylic acids is 1. The van der Waals surface area contributed by atoms with E-state index in [9.17, 15) is 14.7 Å². The molecule has 0 saturated carbocycles. The molecule has 0 saturated heterocycles. The highest BCUT2D eigenvalue weighted by Gasteiger charge is 2.33. The SMILES string of the molecule is CC(C)CC(C)(Cc1ccc(CC(=O)NCc2ccccc2)cc1)C(=O)O. The standard InChI is InChI=1S/C23H29NO3/c1-17(2)14-23(3,22(26)27)15-19-11-9-18(10-12-19)13-21(25)24-16-20-7-5-4-6-8-20/h4-12,17H,13-16H2,1-3H3,(H,24,25)(H,26,27). The van der Waals surface area contributed by atoms with E-state index in [0.29, 0.717) is 31.7 Å². The monoisotopic (exact) mass is 367 g/mol. The summed E-state index contributed by atoms with van der Waals surface area (Å²) in [6.45, 7) is 6.40. The number of nitrogens with one attached hydrogen (secondary N) is 1. The molecular formula is C23H29NO3. The third-order valence-corrected chi connectivity index (χ3v) is 4.69. The number of rotatable bonds is 9. The van der Waals surface area contributed by atoms with Crippen LogP contribution in [0.5, 0.6) is 0 Å². The van der Waals surface area contributed by atoms with Gasteiger partial charge in [-0.05, 0) is 42.4 Å². The Hall–Kier alpha value is -2.62. The van der Waals surface area contributed by atoms with Crippen LogP contribution in [0.4, 0.5) is 0 Å². The van der Waals surface area contributed by atoms with Gasteiger partial charge in [0.15, 0.2) is 0 Å². The largest absolute Gasteiger partial charge is 0.481 e. The normalized spacial score (nSPS) is 13.2. The summed E-state index contributed by atoms with van der Waals surface area (Å²) in [5, 5.41) is 12.5. The predicted octanol–water partition coefficient (Wildman–Crippen LogP) is 4.23. The van der Waals surface area contributed by atoms with Crippen LogP contribution in [0.3, 0.4) is 0 Å². The van der Waals surface area contributed by atoms with Gasteiger partial charge in [-0.2, -0.15) is 0 Å². The topological polar surface area (TPSA) is 66.4 Å². The van der Waals surface area contributed by atoms with Crippen molar-refractivity contribution in [1.82, 2.24) is 5.32 Å². The van der Waals surface area contributed by atoms with Crippen molar-refractivity contribution >= 4 is 11.9 Å². The zero-order valence-corrected chi connectivity index (χ0v) is 16.4. The van der Waals surface area contributed by atoms with Crippen molar-refractivity contribution in [2.45, 2.75) is 46.6 Å². The maximum absolute atomic E-state index is 12.1. The van der Waals surface area contributed by atoms with Crippen molar-refractivity contribution in [2.24, 2.45) is 11.3 Å². The molecule has 4 heteroatoms. The summed E-state index contributed by atoms with van der Waals surface area (Å²) in [5.74, 6) is -0.471. The molecule has 2 aromatic rings. The van der Waals surface area contributed by atoms with Crippen LogP contribution in [0.15, 0.2) is 54.6 Å². The minimum absolute atomic E-state index is 0.0261. The number of benzene rings is 2. The Morgan fingerprint density at radius 2 is 1.56 bits per heavy atom. The zero-order valence-electron chi connectivity index (χ0n) is 16.4. The van der Waals surface area contributed by atoms with Crippen molar-refractivity contribution in [3.05, 3.63) is 71.3 Å². The molecule has 0 aliphatic rings. The molecule has 2 N–H and O–H groups in total. The van der Waals surface area contributed by atoms with E-state index in [1.165, 1.54) is 0 Å². The predicted molar refractivity (Wildman–Crippen MR) is 107 cm³/mol. The highest BCUT2D eigenvalue weighted by molar-refractivity contribution is 5.78. The van der Waals surface area contributed by atoms with Gasteiger partial charge in [0.25, 0.3) is 0 Å². The van der Waals surface area contributed by atoms with Gasteiger partial charge in [-0.1, -0.05) is 68.4 Å². The van der Waals surface area contributed by atoms with Gasteiger partial charge in [-0.3, -0.25) is 9.59 Å². The lowest BCUT2D eigenvalue weighted by molar-refractivity contribution is -0.148. The van der Waals surface area contributed by atoms with Crippen LogP contribution in [0.25, 0.3) is 0 Å². The van der Waals surface area contributed by atoms with Crippen molar-refractivity contribution in [2.75, 3.05) is 0 Å². The highest BCUT2D eigenvalue weighted by Crippen LogP contribution is 2.31. The second kappa shape index (κ2) is 9.36. The van der Waals surface area contributed by atoms with Gasteiger partial charge < -0.3 is 10.4 Å². The van der Waals surface area contributed by atoms with Crippen molar-refractivity contribution in [1.29, 1.82) is 0 Å². The van der Waals surface area contributed by atoms with Crippen LogP contribution in [-0.4, -0.2) is 17.0 Å². The molecule has 0 bridgehead atoms. The van der Waals surface area contributed by atoms with Gasteiger partial charge in [0.05, 0.1) is 11.8 Å². The second-order valence-electron chi connectivity index (χ2n) is 7.90. The minimum atomic E-state index is -0.775. The van der Waals surface area contributed by atoms with Crippen LogP contribution < -0.4 is 5.32 Å². The second-order valence-corrected chi connectivity index (χ2v) is 7.90. The maximum atomic E-state index is 12.1. The number of carbonyl (C=O) groups excluding carboxylic acids is 1. The van der Waals surface area contributed by atoms with Gasteiger partial charge in [0.1, 0.15) is 0 Å². The van der Waals surface area contributed by atoms with E-state index in [1.807, 2.05) is 68.4 Å². The fourth-order valence-electron chi connectivity index (χ4n) is 3.41.